The second-order valence-electron chi connectivity index (χ2n) is 8.05. The molecule has 1 aliphatic carbocycles. The third-order valence-corrected chi connectivity index (χ3v) is 6.14. The van der Waals surface area contributed by atoms with Gasteiger partial charge in [0.2, 0.25) is 0 Å². The predicted octanol–water partition coefficient (Wildman–Crippen LogP) is 8.12. The van der Waals surface area contributed by atoms with Crippen molar-refractivity contribution < 1.29 is 0 Å². The number of para-hydroxylation sites is 2. The van der Waals surface area contributed by atoms with Crippen molar-refractivity contribution in [1.29, 1.82) is 0 Å². The van der Waals surface area contributed by atoms with Crippen LogP contribution in [0.4, 0.5) is 17.1 Å². The van der Waals surface area contributed by atoms with Crippen LogP contribution < -0.4 is 4.90 Å². The normalized spacial score (nSPS) is 13.6. The van der Waals surface area contributed by atoms with Crippen molar-refractivity contribution in [2.75, 3.05) is 4.90 Å². The van der Waals surface area contributed by atoms with Crippen LogP contribution in [-0.4, -0.2) is 0 Å². The molecule has 0 amide bonds. The molecule has 142 valence electrons. The van der Waals surface area contributed by atoms with Gasteiger partial charge in [-0.25, -0.2) is 0 Å². The van der Waals surface area contributed by atoms with Crippen molar-refractivity contribution in [3.63, 3.8) is 0 Å². The molecule has 0 N–H and O–H groups in total. The van der Waals surface area contributed by atoms with Crippen LogP contribution in [0.5, 0.6) is 0 Å². The highest BCUT2D eigenvalue weighted by Gasteiger charge is 2.36. The molecule has 1 nitrogen and oxygen atoms in total. The molecule has 0 spiro atoms. The van der Waals surface area contributed by atoms with Gasteiger partial charge >= 0.3 is 0 Å². The van der Waals surface area contributed by atoms with Gasteiger partial charge in [-0.2, -0.15) is 0 Å². The highest BCUT2D eigenvalue weighted by Crippen LogP contribution is 2.51. The fraction of sp³-hybridized carbons (Fsp3) is 0.111. The number of nitrogens with zero attached hydrogens (tertiary/aromatic N) is 1. The van der Waals surface area contributed by atoms with E-state index < -0.39 is 0 Å². The molecule has 0 aromatic heterocycles. The topological polar surface area (TPSA) is 3.24 Å². The van der Waals surface area contributed by atoms with Crippen LogP contribution in [0.3, 0.4) is 0 Å². The Morgan fingerprint density at radius 3 is 1.69 bits per heavy atom. The minimum Gasteiger partial charge on any atom is -0.310 e. The summed E-state index contributed by atoms with van der Waals surface area (Å²) in [7, 11) is 0. The maximum absolute atomic E-state index is 6.33. The van der Waals surface area contributed by atoms with E-state index in [9.17, 15) is 0 Å². The van der Waals surface area contributed by atoms with E-state index in [0.717, 1.165) is 22.1 Å². The Bertz CT molecular complexity index is 1140. The summed E-state index contributed by atoms with van der Waals surface area (Å²) in [5.41, 5.74) is 8.58. The molecule has 2 heteroatoms. The highest BCUT2D eigenvalue weighted by atomic mass is 35.5. The molecule has 0 saturated heterocycles. The molecule has 0 unspecified atom stereocenters. The Morgan fingerprint density at radius 1 is 0.586 bits per heavy atom. The van der Waals surface area contributed by atoms with Gasteiger partial charge in [-0.3, -0.25) is 0 Å². The Kier molecular flexibility index (Phi) is 4.22. The lowest BCUT2D eigenvalue weighted by Crippen LogP contribution is -2.16. The molecule has 0 heterocycles. The lowest BCUT2D eigenvalue weighted by Gasteiger charge is -2.28. The first-order chi connectivity index (χ1) is 14.1. The van der Waals surface area contributed by atoms with Gasteiger partial charge in [0.15, 0.2) is 0 Å². The van der Waals surface area contributed by atoms with Crippen molar-refractivity contribution in [2.24, 2.45) is 0 Å². The molecular formula is C27H22ClN. The van der Waals surface area contributed by atoms with E-state index in [4.69, 9.17) is 11.6 Å². The van der Waals surface area contributed by atoms with E-state index in [1.165, 1.54) is 22.3 Å². The number of benzene rings is 4. The monoisotopic (exact) mass is 395 g/mol. The lowest BCUT2D eigenvalue weighted by molar-refractivity contribution is 0.660. The zero-order chi connectivity index (χ0) is 20.0. The average Bonchev–Trinajstić information content (AvgIpc) is 2.96. The fourth-order valence-electron chi connectivity index (χ4n) is 4.44. The van der Waals surface area contributed by atoms with Crippen LogP contribution in [0.25, 0.3) is 11.1 Å². The zero-order valence-electron chi connectivity index (χ0n) is 16.6. The third kappa shape index (κ3) is 2.94. The second-order valence-corrected chi connectivity index (χ2v) is 8.49. The second kappa shape index (κ2) is 6.79. The van der Waals surface area contributed by atoms with Crippen molar-refractivity contribution >= 4 is 28.7 Å². The molecule has 0 radical (unpaired) electrons. The summed E-state index contributed by atoms with van der Waals surface area (Å²) in [5, 5.41) is 0.792. The van der Waals surface area contributed by atoms with Gasteiger partial charge in [0, 0.05) is 27.5 Å². The molecule has 0 aliphatic heterocycles. The Balaban J connectivity index is 1.69. The number of rotatable bonds is 3. The summed E-state index contributed by atoms with van der Waals surface area (Å²) in [4.78, 5) is 2.31. The zero-order valence-corrected chi connectivity index (χ0v) is 17.3. The van der Waals surface area contributed by atoms with E-state index in [-0.39, 0.29) is 5.41 Å². The Hall–Kier alpha value is -3.03. The smallest absolute Gasteiger partial charge is 0.0465 e. The van der Waals surface area contributed by atoms with Crippen LogP contribution >= 0.6 is 11.6 Å². The number of anilines is 3. The molecule has 0 fully saturated rings. The first-order valence-electron chi connectivity index (χ1n) is 9.91. The van der Waals surface area contributed by atoms with E-state index in [0.29, 0.717) is 0 Å². The first kappa shape index (κ1) is 18.0. The Labute approximate surface area is 177 Å². The molecule has 5 rings (SSSR count). The maximum atomic E-state index is 6.33. The largest absolute Gasteiger partial charge is 0.310 e. The number of halogens is 1. The van der Waals surface area contributed by atoms with Crippen molar-refractivity contribution in [1.82, 2.24) is 0 Å². The van der Waals surface area contributed by atoms with E-state index >= 15 is 0 Å². The van der Waals surface area contributed by atoms with Crippen LogP contribution in [-0.2, 0) is 5.41 Å². The first-order valence-corrected chi connectivity index (χ1v) is 10.3. The van der Waals surface area contributed by atoms with Gasteiger partial charge in [-0.05, 0) is 70.8 Å². The predicted molar refractivity (Wildman–Crippen MR) is 124 cm³/mol. The quantitative estimate of drug-likeness (QED) is 0.338. The molecule has 0 saturated carbocycles. The fourth-order valence-corrected chi connectivity index (χ4v) is 4.61. The van der Waals surface area contributed by atoms with Gasteiger partial charge in [0.25, 0.3) is 0 Å². The molecule has 1 aliphatic rings. The van der Waals surface area contributed by atoms with Crippen molar-refractivity contribution in [3.8, 4) is 11.1 Å². The van der Waals surface area contributed by atoms with Gasteiger partial charge in [-0.1, -0.05) is 74.0 Å². The van der Waals surface area contributed by atoms with E-state index in [1.807, 2.05) is 6.07 Å². The SMILES string of the molecule is CC1(C)c2cc(Cl)ccc2-c2ccc(N(c3ccccc3)c3ccccc3)cc21. The lowest BCUT2D eigenvalue weighted by atomic mass is 9.82. The standard InChI is InChI=1S/C27H22ClN/c1-27(2)25-17-19(28)13-15-23(25)24-16-14-22(18-26(24)27)29(20-9-5-3-6-10-20)21-11-7-4-8-12-21/h3-18H,1-2H3. The van der Waals surface area contributed by atoms with E-state index in [2.05, 4.69) is 110 Å². The van der Waals surface area contributed by atoms with Crippen LogP contribution in [0.1, 0.15) is 25.0 Å². The minimum absolute atomic E-state index is 0.0926. The van der Waals surface area contributed by atoms with Crippen LogP contribution in [0.2, 0.25) is 5.02 Å². The molecule has 4 aromatic carbocycles. The highest BCUT2D eigenvalue weighted by molar-refractivity contribution is 6.30. The molecule has 4 aromatic rings. The number of hydrogen-bond donors (Lipinski definition) is 0. The van der Waals surface area contributed by atoms with Crippen molar-refractivity contribution in [2.45, 2.75) is 19.3 Å². The summed E-state index contributed by atoms with van der Waals surface area (Å²) in [5.74, 6) is 0. The summed E-state index contributed by atoms with van der Waals surface area (Å²) < 4.78 is 0. The summed E-state index contributed by atoms with van der Waals surface area (Å²) in [6.45, 7) is 4.57. The van der Waals surface area contributed by atoms with Gasteiger partial charge in [-0.15, -0.1) is 0 Å². The summed E-state index contributed by atoms with van der Waals surface area (Å²) in [6, 6.07) is 34.1. The minimum atomic E-state index is -0.0926. The summed E-state index contributed by atoms with van der Waals surface area (Å²) >= 11 is 6.33. The molecular weight excluding hydrogens is 374 g/mol. The third-order valence-electron chi connectivity index (χ3n) is 5.91. The molecule has 0 bridgehead atoms. The molecule has 0 atom stereocenters. The average molecular weight is 396 g/mol. The Morgan fingerprint density at radius 2 is 1.10 bits per heavy atom. The number of hydrogen-bond acceptors (Lipinski definition) is 1. The maximum Gasteiger partial charge on any atom is 0.0465 e. The van der Waals surface area contributed by atoms with Gasteiger partial charge < -0.3 is 4.90 Å². The molecule has 29 heavy (non-hydrogen) atoms. The van der Waals surface area contributed by atoms with Crippen LogP contribution in [0.15, 0.2) is 97.1 Å². The summed E-state index contributed by atoms with van der Waals surface area (Å²) in [6.07, 6.45) is 0. The number of fused-ring (bicyclic) bond motifs is 3. The van der Waals surface area contributed by atoms with Crippen molar-refractivity contribution in [3.05, 3.63) is 113 Å². The van der Waals surface area contributed by atoms with Crippen LogP contribution in [0, 0.1) is 0 Å². The van der Waals surface area contributed by atoms with E-state index in [1.54, 1.807) is 0 Å². The van der Waals surface area contributed by atoms with Gasteiger partial charge in [0.1, 0.15) is 0 Å². The van der Waals surface area contributed by atoms with Gasteiger partial charge in [0.05, 0.1) is 0 Å².